The average molecular weight is 289 g/mol. The summed E-state index contributed by atoms with van der Waals surface area (Å²) in [4.78, 5) is 24.4. The van der Waals surface area contributed by atoms with Crippen LogP contribution in [-0.2, 0) is 7.05 Å². The molecule has 2 heterocycles. The van der Waals surface area contributed by atoms with Crippen LogP contribution in [0, 0.1) is 0 Å². The van der Waals surface area contributed by atoms with E-state index in [-0.39, 0.29) is 5.78 Å². The van der Waals surface area contributed by atoms with Gasteiger partial charge in [-0.25, -0.2) is 4.79 Å². The molecule has 0 unspecified atom stereocenters. The van der Waals surface area contributed by atoms with E-state index in [1.54, 1.807) is 43.8 Å². The van der Waals surface area contributed by atoms with Gasteiger partial charge in [0, 0.05) is 24.1 Å². The van der Waals surface area contributed by atoms with E-state index in [0.29, 0.717) is 27.3 Å². The highest BCUT2D eigenvalue weighted by molar-refractivity contribution is 7.12. The minimum Gasteiger partial charge on any atom is -0.496 e. The van der Waals surface area contributed by atoms with Crippen LogP contribution in [0.25, 0.3) is 11.1 Å². The molecule has 6 heteroatoms. The molecule has 0 fully saturated rings. The van der Waals surface area contributed by atoms with Crippen LogP contribution in [0.2, 0.25) is 0 Å². The number of carbonyl (C=O) groups excluding carboxylic acids is 1. The molecular weight excluding hydrogens is 278 g/mol. The number of hydrogen-bond acceptors (Lipinski definition) is 5. The zero-order valence-corrected chi connectivity index (χ0v) is 11.7. The number of oxazole rings is 1. The summed E-state index contributed by atoms with van der Waals surface area (Å²) in [6.07, 6.45) is 0. The predicted octanol–water partition coefficient (Wildman–Crippen LogP) is 2.43. The first-order valence-corrected chi connectivity index (χ1v) is 6.75. The maximum Gasteiger partial charge on any atom is 0.419 e. The summed E-state index contributed by atoms with van der Waals surface area (Å²) in [5.41, 5.74) is 1.55. The molecule has 0 aliphatic rings. The summed E-state index contributed by atoms with van der Waals surface area (Å²) >= 11 is 1.32. The molecule has 102 valence electrons. The van der Waals surface area contributed by atoms with Crippen LogP contribution in [0.3, 0.4) is 0 Å². The molecule has 0 aliphatic heterocycles. The van der Waals surface area contributed by atoms with E-state index in [1.807, 2.05) is 0 Å². The minimum absolute atomic E-state index is 0.119. The number of aromatic nitrogens is 1. The number of benzene rings is 1. The van der Waals surface area contributed by atoms with Gasteiger partial charge in [-0.3, -0.25) is 9.36 Å². The molecule has 3 rings (SSSR count). The third kappa shape index (κ3) is 1.94. The third-order valence-corrected chi connectivity index (χ3v) is 4.00. The maximum atomic E-state index is 12.3. The van der Waals surface area contributed by atoms with Gasteiger partial charge in [-0.15, -0.1) is 11.3 Å². The first kappa shape index (κ1) is 12.7. The molecule has 0 saturated heterocycles. The number of fused-ring (bicyclic) bond motifs is 1. The lowest BCUT2D eigenvalue weighted by atomic mass is 10.1. The van der Waals surface area contributed by atoms with Crippen molar-refractivity contribution < 1.29 is 13.9 Å². The lowest BCUT2D eigenvalue weighted by Crippen LogP contribution is -2.08. The van der Waals surface area contributed by atoms with Crippen LogP contribution in [0.1, 0.15) is 15.2 Å². The molecule has 0 saturated carbocycles. The number of nitrogens with zero attached hydrogens (tertiary/aromatic N) is 1. The van der Waals surface area contributed by atoms with Crippen molar-refractivity contribution in [3.63, 3.8) is 0 Å². The van der Waals surface area contributed by atoms with Crippen molar-refractivity contribution in [2.75, 3.05) is 7.11 Å². The number of rotatable bonds is 3. The predicted molar refractivity (Wildman–Crippen MR) is 75.8 cm³/mol. The van der Waals surface area contributed by atoms with E-state index in [2.05, 4.69) is 0 Å². The molecule has 2 aromatic heterocycles. The lowest BCUT2D eigenvalue weighted by molar-refractivity contribution is 0.104. The van der Waals surface area contributed by atoms with Gasteiger partial charge in [0.25, 0.3) is 0 Å². The highest BCUT2D eigenvalue weighted by Gasteiger charge is 2.15. The average Bonchev–Trinajstić information content (AvgIpc) is 3.04. The maximum absolute atomic E-state index is 12.3. The smallest absolute Gasteiger partial charge is 0.419 e. The van der Waals surface area contributed by atoms with E-state index in [1.165, 1.54) is 15.9 Å². The fraction of sp³-hybridized carbons (Fsp3) is 0.143. The van der Waals surface area contributed by atoms with E-state index < -0.39 is 5.76 Å². The topological polar surface area (TPSA) is 61.4 Å². The second-order valence-corrected chi connectivity index (χ2v) is 5.20. The van der Waals surface area contributed by atoms with E-state index in [4.69, 9.17) is 9.15 Å². The van der Waals surface area contributed by atoms with Crippen LogP contribution in [0.15, 0.2) is 38.9 Å². The van der Waals surface area contributed by atoms with Gasteiger partial charge in [0.1, 0.15) is 5.75 Å². The zero-order chi connectivity index (χ0) is 14.3. The first-order chi connectivity index (χ1) is 9.60. The quantitative estimate of drug-likeness (QED) is 0.695. The normalized spacial score (nSPS) is 10.9. The highest BCUT2D eigenvalue weighted by Crippen LogP contribution is 2.25. The molecule has 0 amide bonds. The van der Waals surface area contributed by atoms with E-state index in [9.17, 15) is 9.59 Å². The van der Waals surface area contributed by atoms with Crippen LogP contribution < -0.4 is 10.5 Å². The Morgan fingerprint density at radius 1 is 1.35 bits per heavy atom. The molecule has 20 heavy (non-hydrogen) atoms. The van der Waals surface area contributed by atoms with Gasteiger partial charge in [0.2, 0.25) is 5.78 Å². The van der Waals surface area contributed by atoms with Crippen LogP contribution in [0.5, 0.6) is 5.75 Å². The molecule has 0 aliphatic carbocycles. The Morgan fingerprint density at radius 2 is 2.15 bits per heavy atom. The molecule has 1 aromatic carbocycles. The van der Waals surface area contributed by atoms with Crippen molar-refractivity contribution in [1.82, 2.24) is 4.57 Å². The molecule has 5 nitrogen and oxygen atoms in total. The van der Waals surface area contributed by atoms with Gasteiger partial charge in [0.15, 0.2) is 5.58 Å². The fourth-order valence-corrected chi connectivity index (χ4v) is 2.78. The van der Waals surface area contributed by atoms with E-state index >= 15 is 0 Å². The standard InChI is InChI=1S/C14H11NO4S/c1-15-10-4-3-8(5-11(10)19-14(15)17)13(16)12-6-9(18-2)7-20-12/h3-7H,1-2H3. The minimum atomic E-state index is -0.442. The molecule has 0 N–H and O–H groups in total. The zero-order valence-electron chi connectivity index (χ0n) is 10.9. The lowest BCUT2D eigenvalue weighted by Gasteiger charge is -1.98. The number of aryl methyl sites for hydroxylation is 1. The largest absolute Gasteiger partial charge is 0.496 e. The van der Waals surface area contributed by atoms with Crippen molar-refractivity contribution in [2.24, 2.45) is 7.05 Å². The fourth-order valence-electron chi connectivity index (χ4n) is 1.96. The number of hydrogen-bond donors (Lipinski definition) is 0. The molecular formula is C14H11NO4S. The third-order valence-electron chi connectivity index (χ3n) is 3.09. The van der Waals surface area contributed by atoms with Gasteiger partial charge in [0.05, 0.1) is 17.5 Å². The number of carbonyl (C=O) groups is 1. The molecule has 0 bridgehead atoms. The number of methoxy groups -OCH3 is 1. The van der Waals surface area contributed by atoms with Crippen molar-refractivity contribution in [1.29, 1.82) is 0 Å². The number of ether oxygens (including phenoxy) is 1. The Kier molecular flexibility index (Phi) is 2.94. The molecule has 0 radical (unpaired) electrons. The van der Waals surface area contributed by atoms with Crippen molar-refractivity contribution in [2.45, 2.75) is 0 Å². The van der Waals surface area contributed by atoms with Crippen molar-refractivity contribution in [3.05, 3.63) is 50.6 Å². The summed E-state index contributed by atoms with van der Waals surface area (Å²) in [7, 11) is 3.18. The molecule has 0 spiro atoms. The second kappa shape index (κ2) is 4.64. The van der Waals surface area contributed by atoms with Gasteiger partial charge >= 0.3 is 5.76 Å². The Bertz CT molecular complexity index is 856. The summed E-state index contributed by atoms with van der Waals surface area (Å²) < 4.78 is 11.6. The van der Waals surface area contributed by atoms with Gasteiger partial charge in [-0.05, 0) is 18.2 Å². The summed E-state index contributed by atoms with van der Waals surface area (Å²) in [5.74, 6) is 0.0970. The van der Waals surface area contributed by atoms with Crippen LogP contribution in [-0.4, -0.2) is 17.5 Å². The highest BCUT2D eigenvalue weighted by atomic mass is 32.1. The first-order valence-electron chi connectivity index (χ1n) is 5.87. The van der Waals surface area contributed by atoms with Crippen LogP contribution in [0.4, 0.5) is 0 Å². The summed E-state index contributed by atoms with van der Waals surface area (Å²) in [6, 6.07) is 6.67. The molecule has 0 atom stereocenters. The van der Waals surface area contributed by atoms with E-state index in [0.717, 1.165) is 0 Å². The van der Waals surface area contributed by atoms with Crippen LogP contribution >= 0.6 is 11.3 Å². The summed E-state index contributed by atoms with van der Waals surface area (Å²) in [5, 5.41) is 1.77. The SMILES string of the molecule is COc1csc(C(=O)c2ccc3c(c2)oc(=O)n3C)c1. The van der Waals surface area contributed by atoms with Crippen molar-refractivity contribution in [3.8, 4) is 5.75 Å². The van der Waals surface area contributed by atoms with Crippen molar-refractivity contribution >= 4 is 28.2 Å². The Morgan fingerprint density at radius 3 is 2.85 bits per heavy atom. The van der Waals surface area contributed by atoms with Gasteiger partial charge < -0.3 is 9.15 Å². The number of thiophene rings is 1. The second-order valence-electron chi connectivity index (χ2n) is 4.29. The summed E-state index contributed by atoms with van der Waals surface area (Å²) in [6.45, 7) is 0. The van der Waals surface area contributed by atoms with Gasteiger partial charge in [-0.1, -0.05) is 0 Å². The Labute approximate surface area is 118 Å². The number of ketones is 1. The van der Waals surface area contributed by atoms with Gasteiger partial charge in [-0.2, -0.15) is 0 Å². The molecule has 3 aromatic rings. The Hall–Kier alpha value is -2.34. The Balaban J connectivity index is 2.05. The monoisotopic (exact) mass is 289 g/mol.